The fourth-order valence-electron chi connectivity index (χ4n) is 3.05. The van der Waals surface area contributed by atoms with Gasteiger partial charge < -0.3 is 10.6 Å². The molecule has 1 amide bonds. The number of rotatable bonds is 4. The number of carbonyl (C=O) groups is 1. The first-order chi connectivity index (χ1) is 10.7. The zero-order chi connectivity index (χ0) is 15.5. The van der Waals surface area contributed by atoms with Gasteiger partial charge in [-0.15, -0.1) is 0 Å². The van der Waals surface area contributed by atoms with E-state index in [4.69, 9.17) is 5.73 Å². The molecule has 1 aromatic carbocycles. The number of nitrogens with two attached hydrogens (primary N) is 1. The molecular weight excluding hydrogens is 344 g/mol. The number of amides is 1. The predicted molar refractivity (Wildman–Crippen MR) is 88.2 cm³/mol. The highest BCUT2D eigenvalue weighted by molar-refractivity contribution is 9.10. The SMILES string of the molecule is NC[C@@H]1CN(C(=O)Cn2cc(Br)cn2)C[C@H]1c1ccccc1. The van der Waals surface area contributed by atoms with Crippen molar-refractivity contribution in [1.29, 1.82) is 0 Å². The summed E-state index contributed by atoms with van der Waals surface area (Å²) in [5.41, 5.74) is 7.18. The first-order valence-corrected chi connectivity index (χ1v) is 8.17. The molecule has 1 fully saturated rings. The van der Waals surface area contributed by atoms with E-state index < -0.39 is 0 Å². The van der Waals surface area contributed by atoms with Gasteiger partial charge in [-0.3, -0.25) is 9.48 Å². The molecule has 2 atom stereocenters. The minimum absolute atomic E-state index is 0.0903. The Labute approximate surface area is 138 Å². The van der Waals surface area contributed by atoms with E-state index in [1.54, 1.807) is 10.9 Å². The lowest BCUT2D eigenvalue weighted by Crippen LogP contribution is -2.32. The van der Waals surface area contributed by atoms with Crippen LogP contribution < -0.4 is 5.73 Å². The maximum absolute atomic E-state index is 12.5. The van der Waals surface area contributed by atoms with Crippen LogP contribution in [0, 0.1) is 5.92 Å². The van der Waals surface area contributed by atoms with Crippen molar-refractivity contribution in [1.82, 2.24) is 14.7 Å². The van der Waals surface area contributed by atoms with Gasteiger partial charge in [0, 0.05) is 25.2 Å². The van der Waals surface area contributed by atoms with Gasteiger partial charge in [-0.2, -0.15) is 5.10 Å². The molecular formula is C16H19BrN4O. The average molecular weight is 363 g/mol. The number of likely N-dealkylation sites (tertiary alicyclic amines) is 1. The highest BCUT2D eigenvalue weighted by Gasteiger charge is 2.35. The maximum Gasteiger partial charge on any atom is 0.244 e. The van der Waals surface area contributed by atoms with Crippen LogP contribution in [0.5, 0.6) is 0 Å². The average Bonchev–Trinajstić information content (AvgIpc) is 3.14. The standard InChI is InChI=1S/C16H19BrN4O/c17-14-7-19-21(9-14)11-16(22)20-8-13(6-18)15(10-20)12-4-2-1-3-5-12/h1-5,7,9,13,15H,6,8,10-11,18H2/t13-,15+/m1/s1. The summed E-state index contributed by atoms with van der Waals surface area (Å²) in [5, 5.41) is 4.14. The molecule has 0 aliphatic carbocycles. The highest BCUT2D eigenvalue weighted by Crippen LogP contribution is 2.32. The summed E-state index contributed by atoms with van der Waals surface area (Å²) in [7, 11) is 0. The number of nitrogens with zero attached hydrogens (tertiary/aromatic N) is 3. The van der Waals surface area contributed by atoms with Crippen LogP contribution in [0.25, 0.3) is 0 Å². The lowest BCUT2D eigenvalue weighted by Gasteiger charge is -2.16. The van der Waals surface area contributed by atoms with E-state index in [-0.39, 0.29) is 12.5 Å². The third kappa shape index (κ3) is 3.23. The number of carbonyl (C=O) groups excluding carboxylic acids is 1. The number of hydrogen-bond donors (Lipinski definition) is 1. The molecule has 6 heteroatoms. The van der Waals surface area contributed by atoms with Gasteiger partial charge in [0.05, 0.1) is 10.7 Å². The summed E-state index contributed by atoms with van der Waals surface area (Å²) >= 11 is 3.34. The normalized spacial score (nSPS) is 21.3. The lowest BCUT2D eigenvalue weighted by atomic mass is 9.89. The second kappa shape index (κ2) is 6.62. The van der Waals surface area contributed by atoms with Gasteiger partial charge in [0.15, 0.2) is 0 Å². The van der Waals surface area contributed by atoms with Crippen molar-refractivity contribution >= 4 is 21.8 Å². The van der Waals surface area contributed by atoms with Crippen LogP contribution >= 0.6 is 15.9 Å². The Balaban J connectivity index is 1.69. The van der Waals surface area contributed by atoms with Crippen molar-refractivity contribution in [2.45, 2.75) is 12.5 Å². The monoisotopic (exact) mass is 362 g/mol. The summed E-state index contributed by atoms with van der Waals surface area (Å²) in [6.07, 6.45) is 3.50. The first-order valence-electron chi connectivity index (χ1n) is 7.38. The van der Waals surface area contributed by atoms with Crippen LogP contribution in [-0.4, -0.2) is 40.2 Å². The van der Waals surface area contributed by atoms with Gasteiger partial charge in [0.2, 0.25) is 5.91 Å². The van der Waals surface area contributed by atoms with Crippen molar-refractivity contribution in [3.8, 4) is 0 Å². The van der Waals surface area contributed by atoms with Crippen molar-refractivity contribution in [2.24, 2.45) is 11.7 Å². The zero-order valence-corrected chi connectivity index (χ0v) is 13.8. The van der Waals surface area contributed by atoms with Gasteiger partial charge in [0.1, 0.15) is 6.54 Å². The van der Waals surface area contributed by atoms with Crippen LogP contribution in [0.15, 0.2) is 47.2 Å². The van der Waals surface area contributed by atoms with E-state index in [1.807, 2.05) is 29.3 Å². The fraction of sp³-hybridized carbons (Fsp3) is 0.375. The minimum Gasteiger partial charge on any atom is -0.340 e. The quantitative estimate of drug-likeness (QED) is 0.902. The minimum atomic E-state index is 0.0903. The van der Waals surface area contributed by atoms with Crippen LogP contribution in [-0.2, 0) is 11.3 Å². The van der Waals surface area contributed by atoms with Crippen molar-refractivity contribution in [2.75, 3.05) is 19.6 Å². The summed E-state index contributed by atoms with van der Waals surface area (Å²) < 4.78 is 2.53. The highest BCUT2D eigenvalue weighted by atomic mass is 79.9. The molecule has 22 heavy (non-hydrogen) atoms. The van der Waals surface area contributed by atoms with Crippen molar-refractivity contribution in [3.05, 3.63) is 52.8 Å². The summed E-state index contributed by atoms with van der Waals surface area (Å²) in [4.78, 5) is 14.4. The van der Waals surface area contributed by atoms with Gasteiger partial charge in [-0.25, -0.2) is 0 Å². The van der Waals surface area contributed by atoms with Gasteiger partial charge >= 0.3 is 0 Å². The summed E-state index contributed by atoms with van der Waals surface area (Å²) in [6, 6.07) is 10.3. The second-order valence-corrected chi connectivity index (χ2v) is 6.58. The van der Waals surface area contributed by atoms with E-state index in [9.17, 15) is 4.79 Å². The summed E-state index contributed by atoms with van der Waals surface area (Å²) in [5.74, 6) is 0.725. The van der Waals surface area contributed by atoms with E-state index >= 15 is 0 Å². The van der Waals surface area contributed by atoms with Crippen LogP contribution in [0.3, 0.4) is 0 Å². The molecule has 1 aromatic heterocycles. The van der Waals surface area contributed by atoms with E-state index in [2.05, 4.69) is 33.2 Å². The van der Waals surface area contributed by atoms with Gasteiger partial charge in [-0.1, -0.05) is 30.3 Å². The largest absolute Gasteiger partial charge is 0.340 e. The lowest BCUT2D eigenvalue weighted by molar-refractivity contribution is -0.131. The second-order valence-electron chi connectivity index (χ2n) is 5.67. The Bertz CT molecular complexity index is 643. The molecule has 3 rings (SSSR count). The Morgan fingerprint density at radius 1 is 1.32 bits per heavy atom. The Hall–Kier alpha value is -1.66. The van der Waals surface area contributed by atoms with Crippen LogP contribution in [0.2, 0.25) is 0 Å². The Kier molecular flexibility index (Phi) is 4.59. The first kappa shape index (κ1) is 15.2. The fourth-order valence-corrected chi connectivity index (χ4v) is 3.38. The van der Waals surface area contributed by atoms with Crippen molar-refractivity contribution < 1.29 is 4.79 Å². The molecule has 0 spiro atoms. The number of benzene rings is 1. The van der Waals surface area contributed by atoms with E-state index in [0.29, 0.717) is 18.4 Å². The molecule has 1 aliphatic rings. The Morgan fingerprint density at radius 2 is 2.09 bits per heavy atom. The molecule has 2 heterocycles. The van der Waals surface area contributed by atoms with Crippen LogP contribution in [0.1, 0.15) is 11.5 Å². The van der Waals surface area contributed by atoms with E-state index in [0.717, 1.165) is 17.6 Å². The van der Waals surface area contributed by atoms with Gasteiger partial charge in [-0.05, 0) is 34.0 Å². The van der Waals surface area contributed by atoms with Crippen LogP contribution in [0.4, 0.5) is 0 Å². The topological polar surface area (TPSA) is 64.2 Å². The molecule has 0 unspecified atom stereocenters. The third-order valence-electron chi connectivity index (χ3n) is 4.22. The molecule has 2 aromatic rings. The predicted octanol–water partition coefficient (Wildman–Crippen LogP) is 1.85. The number of hydrogen-bond acceptors (Lipinski definition) is 3. The molecule has 0 saturated carbocycles. The smallest absolute Gasteiger partial charge is 0.244 e. The number of halogens is 1. The molecule has 1 aliphatic heterocycles. The van der Waals surface area contributed by atoms with Crippen molar-refractivity contribution in [3.63, 3.8) is 0 Å². The zero-order valence-electron chi connectivity index (χ0n) is 12.2. The molecule has 116 valence electrons. The maximum atomic E-state index is 12.5. The molecule has 2 N–H and O–H groups in total. The molecule has 5 nitrogen and oxygen atoms in total. The molecule has 0 radical (unpaired) electrons. The Morgan fingerprint density at radius 3 is 2.73 bits per heavy atom. The summed E-state index contributed by atoms with van der Waals surface area (Å²) in [6.45, 7) is 2.31. The third-order valence-corrected chi connectivity index (χ3v) is 4.63. The molecule has 1 saturated heterocycles. The van der Waals surface area contributed by atoms with Gasteiger partial charge in [0.25, 0.3) is 0 Å². The molecule has 0 bridgehead atoms. The number of aromatic nitrogens is 2. The van der Waals surface area contributed by atoms with E-state index in [1.165, 1.54) is 5.56 Å².